The molecule has 1 atom stereocenters. The van der Waals surface area contributed by atoms with E-state index >= 15 is 0 Å². The highest BCUT2D eigenvalue weighted by atomic mass is 79.9. The molecular weight excluding hydrogens is 258 g/mol. The molecule has 4 heteroatoms. The molecule has 82 valence electrons. The predicted octanol–water partition coefficient (Wildman–Crippen LogP) is 2.99. The summed E-state index contributed by atoms with van der Waals surface area (Å²) in [6, 6.07) is 1.65. The van der Waals surface area contributed by atoms with Crippen LogP contribution in [0.2, 0.25) is 0 Å². The van der Waals surface area contributed by atoms with E-state index in [1.807, 2.05) is 10.8 Å². The first-order chi connectivity index (χ1) is 6.90. The molecule has 0 amide bonds. The van der Waals surface area contributed by atoms with E-state index in [4.69, 9.17) is 5.11 Å². The molecule has 1 saturated carbocycles. The van der Waals surface area contributed by atoms with Crippen molar-refractivity contribution < 1.29 is 9.90 Å². The molecule has 1 aliphatic rings. The summed E-state index contributed by atoms with van der Waals surface area (Å²) < 4.78 is 2.66. The van der Waals surface area contributed by atoms with E-state index < -0.39 is 5.97 Å². The topological polar surface area (TPSA) is 42.2 Å². The fourth-order valence-corrected chi connectivity index (χ4v) is 2.39. The van der Waals surface area contributed by atoms with E-state index in [0.717, 1.165) is 11.0 Å². The highest BCUT2D eigenvalue weighted by molar-refractivity contribution is 9.10. The largest absolute Gasteiger partial charge is 0.477 e. The van der Waals surface area contributed by atoms with Crippen molar-refractivity contribution in [1.29, 1.82) is 0 Å². The number of carboxylic acids is 1. The summed E-state index contributed by atoms with van der Waals surface area (Å²) in [6.45, 7) is 5.24. The van der Waals surface area contributed by atoms with Gasteiger partial charge in [0.1, 0.15) is 5.69 Å². The van der Waals surface area contributed by atoms with Crippen molar-refractivity contribution in [2.45, 2.75) is 26.8 Å². The number of carboxylic acid groups (broad SMARTS) is 1. The van der Waals surface area contributed by atoms with Crippen LogP contribution in [0.4, 0.5) is 0 Å². The zero-order chi connectivity index (χ0) is 11.2. The number of aromatic carboxylic acids is 1. The lowest BCUT2D eigenvalue weighted by atomic mass is 10.1. The van der Waals surface area contributed by atoms with Crippen LogP contribution in [0, 0.1) is 11.3 Å². The van der Waals surface area contributed by atoms with Crippen LogP contribution in [0.5, 0.6) is 0 Å². The Morgan fingerprint density at radius 2 is 2.33 bits per heavy atom. The Morgan fingerprint density at radius 3 is 2.80 bits per heavy atom. The molecule has 1 aromatic heterocycles. The summed E-state index contributed by atoms with van der Waals surface area (Å²) in [6.07, 6.45) is 3.03. The molecule has 0 radical (unpaired) electrons. The maximum absolute atomic E-state index is 11.0. The van der Waals surface area contributed by atoms with E-state index in [1.54, 1.807) is 6.07 Å². The highest BCUT2D eigenvalue weighted by Crippen LogP contribution is 2.52. The van der Waals surface area contributed by atoms with Gasteiger partial charge in [-0.2, -0.15) is 0 Å². The first-order valence-corrected chi connectivity index (χ1v) is 5.78. The average molecular weight is 272 g/mol. The minimum Gasteiger partial charge on any atom is -0.477 e. The third kappa shape index (κ3) is 2.09. The molecule has 0 saturated heterocycles. The van der Waals surface area contributed by atoms with Crippen LogP contribution in [0.25, 0.3) is 0 Å². The second-order valence-electron chi connectivity index (χ2n) is 4.89. The van der Waals surface area contributed by atoms with Gasteiger partial charge in [0, 0.05) is 17.2 Å². The van der Waals surface area contributed by atoms with Gasteiger partial charge >= 0.3 is 5.97 Å². The molecule has 2 rings (SSSR count). The van der Waals surface area contributed by atoms with Gasteiger partial charge in [-0.15, -0.1) is 0 Å². The van der Waals surface area contributed by atoms with Crippen LogP contribution < -0.4 is 0 Å². The Balaban J connectivity index is 2.18. The zero-order valence-corrected chi connectivity index (χ0v) is 10.4. The maximum Gasteiger partial charge on any atom is 0.352 e. The van der Waals surface area contributed by atoms with Gasteiger partial charge in [-0.1, -0.05) is 13.8 Å². The van der Waals surface area contributed by atoms with Crippen LogP contribution in [-0.4, -0.2) is 15.6 Å². The Labute approximate surface area is 97.2 Å². The van der Waals surface area contributed by atoms with Crippen molar-refractivity contribution in [3.05, 3.63) is 22.4 Å². The summed E-state index contributed by atoms with van der Waals surface area (Å²) in [5.41, 5.74) is 0.747. The molecule has 3 nitrogen and oxygen atoms in total. The Morgan fingerprint density at radius 1 is 1.73 bits per heavy atom. The number of rotatable bonds is 3. The molecule has 15 heavy (non-hydrogen) atoms. The Bertz CT molecular complexity index is 409. The van der Waals surface area contributed by atoms with Crippen LogP contribution in [0.3, 0.4) is 0 Å². The summed E-state index contributed by atoms with van der Waals surface area (Å²) in [5, 5.41) is 9.00. The van der Waals surface area contributed by atoms with Gasteiger partial charge in [0.05, 0.1) is 0 Å². The van der Waals surface area contributed by atoms with E-state index in [2.05, 4.69) is 29.8 Å². The quantitative estimate of drug-likeness (QED) is 0.919. The standard InChI is InChI=1S/C11H14BrNO2/c1-11(2)4-7(11)5-13-6-8(12)3-9(13)10(14)15/h3,6-7H,4-5H2,1-2H3,(H,14,15). The van der Waals surface area contributed by atoms with Gasteiger partial charge in [-0.05, 0) is 39.8 Å². The molecule has 1 aliphatic carbocycles. The zero-order valence-electron chi connectivity index (χ0n) is 8.83. The van der Waals surface area contributed by atoms with Crippen molar-refractivity contribution in [2.75, 3.05) is 0 Å². The van der Waals surface area contributed by atoms with E-state index in [1.165, 1.54) is 6.42 Å². The van der Waals surface area contributed by atoms with Gasteiger partial charge in [0.15, 0.2) is 0 Å². The van der Waals surface area contributed by atoms with Gasteiger partial charge in [0.2, 0.25) is 0 Å². The molecule has 0 aliphatic heterocycles. The number of halogens is 1. The second-order valence-corrected chi connectivity index (χ2v) is 5.81. The van der Waals surface area contributed by atoms with Crippen LogP contribution in [-0.2, 0) is 6.54 Å². The van der Waals surface area contributed by atoms with Crippen LogP contribution in [0.15, 0.2) is 16.7 Å². The summed E-state index contributed by atoms with van der Waals surface area (Å²) in [7, 11) is 0. The lowest BCUT2D eigenvalue weighted by Gasteiger charge is -2.07. The SMILES string of the molecule is CC1(C)CC1Cn1cc(Br)cc1C(=O)O. The molecule has 1 N–H and O–H groups in total. The second kappa shape index (κ2) is 3.37. The molecule has 1 heterocycles. The minimum absolute atomic E-state index is 0.365. The van der Waals surface area contributed by atoms with Crippen molar-refractivity contribution in [2.24, 2.45) is 11.3 Å². The molecule has 0 aromatic carbocycles. The summed E-state index contributed by atoms with van der Waals surface area (Å²) >= 11 is 3.31. The van der Waals surface area contributed by atoms with Crippen molar-refractivity contribution in [3.8, 4) is 0 Å². The maximum atomic E-state index is 11.0. The fraction of sp³-hybridized carbons (Fsp3) is 0.545. The average Bonchev–Trinajstić information content (AvgIpc) is 2.55. The predicted molar refractivity (Wildman–Crippen MR) is 61.0 cm³/mol. The lowest BCUT2D eigenvalue weighted by Crippen LogP contribution is -2.10. The lowest BCUT2D eigenvalue weighted by molar-refractivity contribution is 0.0684. The van der Waals surface area contributed by atoms with Crippen molar-refractivity contribution in [1.82, 2.24) is 4.57 Å². The van der Waals surface area contributed by atoms with E-state index in [0.29, 0.717) is 17.0 Å². The number of nitrogens with zero attached hydrogens (tertiary/aromatic N) is 1. The number of carbonyl (C=O) groups is 1. The fourth-order valence-electron chi connectivity index (χ4n) is 1.93. The number of aromatic nitrogens is 1. The first kappa shape index (κ1) is 10.7. The minimum atomic E-state index is -0.862. The number of hydrogen-bond acceptors (Lipinski definition) is 1. The van der Waals surface area contributed by atoms with E-state index in [-0.39, 0.29) is 0 Å². The highest BCUT2D eigenvalue weighted by Gasteiger charge is 2.45. The normalized spacial score (nSPS) is 22.7. The van der Waals surface area contributed by atoms with E-state index in [9.17, 15) is 4.79 Å². The third-order valence-electron chi connectivity index (χ3n) is 3.22. The van der Waals surface area contributed by atoms with Crippen LogP contribution in [0.1, 0.15) is 30.8 Å². The van der Waals surface area contributed by atoms with Gasteiger partial charge < -0.3 is 9.67 Å². The number of hydrogen-bond donors (Lipinski definition) is 1. The summed E-state index contributed by atoms with van der Waals surface area (Å²) in [4.78, 5) is 11.0. The monoisotopic (exact) mass is 271 g/mol. The van der Waals surface area contributed by atoms with Gasteiger partial charge in [-0.25, -0.2) is 4.79 Å². The van der Waals surface area contributed by atoms with Gasteiger partial charge in [0.25, 0.3) is 0 Å². The first-order valence-electron chi connectivity index (χ1n) is 4.99. The Hall–Kier alpha value is -0.770. The Kier molecular flexibility index (Phi) is 2.41. The summed E-state index contributed by atoms with van der Waals surface area (Å²) in [5.74, 6) is -0.256. The molecular formula is C11H14BrNO2. The smallest absolute Gasteiger partial charge is 0.352 e. The molecule has 1 fully saturated rings. The molecule has 0 spiro atoms. The van der Waals surface area contributed by atoms with Crippen molar-refractivity contribution in [3.63, 3.8) is 0 Å². The molecule has 0 bridgehead atoms. The third-order valence-corrected chi connectivity index (χ3v) is 3.65. The molecule has 1 aromatic rings. The van der Waals surface area contributed by atoms with Gasteiger partial charge in [-0.3, -0.25) is 0 Å². The van der Waals surface area contributed by atoms with Crippen molar-refractivity contribution >= 4 is 21.9 Å². The molecule has 1 unspecified atom stereocenters. The van der Waals surface area contributed by atoms with Crippen LogP contribution >= 0.6 is 15.9 Å².